The third kappa shape index (κ3) is 5.85. The molecule has 0 fully saturated rings. The monoisotopic (exact) mass is 644 g/mol. The first-order valence-corrected chi connectivity index (χ1v) is 5.67. The van der Waals surface area contributed by atoms with Gasteiger partial charge in [-0.3, -0.25) is 14.7 Å². The predicted molar refractivity (Wildman–Crippen MR) is 70.6 cm³/mol. The first-order valence-electron chi connectivity index (χ1n) is 5.67. The van der Waals surface area contributed by atoms with Crippen LogP contribution in [0.25, 0.3) is 0 Å². The summed E-state index contributed by atoms with van der Waals surface area (Å²) < 4.78 is 2.85. The van der Waals surface area contributed by atoms with Crippen LogP contribution in [0.4, 0.5) is 0 Å². The molecular formula is C12H16N6O2W2-2. The van der Waals surface area contributed by atoms with Crippen molar-refractivity contribution in [2.24, 2.45) is 25.6 Å². The van der Waals surface area contributed by atoms with Gasteiger partial charge in [0.15, 0.2) is 11.8 Å². The number of primary amides is 2. The normalized spacial score (nSPS) is 8.91. The molecule has 0 bridgehead atoms. The van der Waals surface area contributed by atoms with E-state index in [1.165, 1.54) is 9.36 Å². The number of carbonyl (C=O) groups excluding carboxylic acids is 2. The molecule has 120 valence electrons. The van der Waals surface area contributed by atoms with Crippen LogP contribution in [0, 0.1) is 26.2 Å². The Bertz CT molecular complexity index is 631. The van der Waals surface area contributed by atoms with Gasteiger partial charge >= 0.3 is 0 Å². The van der Waals surface area contributed by atoms with Crippen LogP contribution in [0.1, 0.15) is 32.1 Å². The van der Waals surface area contributed by atoms with Crippen LogP contribution in [-0.2, 0) is 56.2 Å². The minimum Gasteiger partial charge on any atom is -0.380 e. The van der Waals surface area contributed by atoms with Crippen LogP contribution in [0.5, 0.6) is 0 Å². The van der Waals surface area contributed by atoms with E-state index >= 15 is 0 Å². The van der Waals surface area contributed by atoms with Gasteiger partial charge in [-0.2, -0.15) is 11.1 Å². The predicted octanol–water partition coefficient (Wildman–Crippen LogP) is -0.750. The van der Waals surface area contributed by atoms with Crippen molar-refractivity contribution < 1.29 is 51.7 Å². The number of aryl methyl sites for hydroxylation is 4. The molecule has 4 N–H and O–H groups in total. The van der Waals surface area contributed by atoms with Gasteiger partial charge in [0.1, 0.15) is 0 Å². The Morgan fingerprint density at radius 1 is 1.05 bits per heavy atom. The Balaban J connectivity index is 0. The van der Waals surface area contributed by atoms with Crippen LogP contribution >= 0.6 is 0 Å². The van der Waals surface area contributed by atoms with Crippen molar-refractivity contribution in [1.29, 1.82) is 0 Å². The summed E-state index contributed by atoms with van der Waals surface area (Å²) in [6.45, 7) is 3.49. The molecule has 0 saturated carbocycles. The second kappa shape index (κ2) is 9.69. The van der Waals surface area contributed by atoms with Gasteiger partial charge in [-0.15, -0.1) is 12.4 Å². The fourth-order valence-corrected chi connectivity index (χ4v) is 1.62. The Kier molecular flexibility index (Phi) is 10.1. The van der Waals surface area contributed by atoms with E-state index in [2.05, 4.69) is 22.6 Å². The Hall–Kier alpha value is -1.26. The molecule has 0 aliphatic heterocycles. The summed E-state index contributed by atoms with van der Waals surface area (Å²) in [7, 11) is 3.35. The van der Waals surface area contributed by atoms with Gasteiger partial charge in [-0.25, -0.2) is 0 Å². The van der Waals surface area contributed by atoms with Gasteiger partial charge in [-0.1, -0.05) is 13.8 Å². The fourth-order valence-electron chi connectivity index (χ4n) is 1.62. The van der Waals surface area contributed by atoms with Crippen LogP contribution in [0.3, 0.4) is 0 Å². The number of hydrogen-bond donors (Lipinski definition) is 2. The summed E-state index contributed by atoms with van der Waals surface area (Å²) in [6, 6.07) is 0. The number of rotatable bonds is 2. The second-order valence-electron chi connectivity index (χ2n) is 4.15. The van der Waals surface area contributed by atoms with Gasteiger partial charge in [0.25, 0.3) is 0 Å². The number of nitrogens with two attached hydrogens (primary N) is 2. The van der Waals surface area contributed by atoms with Gasteiger partial charge < -0.3 is 25.9 Å². The minimum absolute atomic E-state index is 0. The van der Waals surface area contributed by atoms with Crippen molar-refractivity contribution in [2.45, 2.75) is 13.8 Å². The van der Waals surface area contributed by atoms with Crippen LogP contribution < -0.4 is 11.5 Å². The number of amides is 2. The van der Waals surface area contributed by atoms with Crippen molar-refractivity contribution >= 4 is 11.8 Å². The summed E-state index contributed by atoms with van der Waals surface area (Å²) >= 11 is 0. The second-order valence-corrected chi connectivity index (χ2v) is 4.15. The molecule has 2 rings (SSSR count). The maximum Gasteiger partial charge on any atom is 0.186 e. The molecule has 0 aromatic carbocycles. The summed E-state index contributed by atoms with van der Waals surface area (Å²) in [5.41, 5.74) is 12.1. The van der Waals surface area contributed by atoms with Crippen molar-refractivity contribution in [1.82, 2.24) is 19.6 Å². The number of nitrogens with zero attached hydrogens (tertiary/aromatic N) is 4. The maximum absolute atomic E-state index is 10.6. The van der Waals surface area contributed by atoms with Crippen molar-refractivity contribution in [2.75, 3.05) is 0 Å². The van der Waals surface area contributed by atoms with Gasteiger partial charge in [0.2, 0.25) is 0 Å². The quantitative estimate of drug-likeness (QED) is 0.419. The molecule has 0 saturated heterocycles. The average Bonchev–Trinajstić information content (AvgIpc) is 2.82. The summed E-state index contributed by atoms with van der Waals surface area (Å²) in [4.78, 5) is 21.2. The molecule has 0 aliphatic carbocycles. The molecule has 8 nitrogen and oxygen atoms in total. The summed E-state index contributed by atoms with van der Waals surface area (Å²) in [5, 5.41) is 7.52. The number of aromatic nitrogens is 4. The molecule has 0 atom stereocenters. The van der Waals surface area contributed by atoms with E-state index in [9.17, 15) is 9.59 Å². The van der Waals surface area contributed by atoms with Crippen molar-refractivity contribution in [3.8, 4) is 0 Å². The third-order valence-electron chi connectivity index (χ3n) is 2.45. The van der Waals surface area contributed by atoms with Crippen molar-refractivity contribution in [3.63, 3.8) is 0 Å². The molecule has 2 heterocycles. The van der Waals surface area contributed by atoms with Crippen LogP contribution in [0.15, 0.2) is 0 Å². The zero-order chi connectivity index (χ0) is 15.4. The van der Waals surface area contributed by atoms with Gasteiger partial charge in [0.05, 0.1) is 0 Å². The molecule has 2 aromatic heterocycles. The van der Waals surface area contributed by atoms with Crippen LogP contribution in [0.2, 0.25) is 0 Å². The zero-order valence-corrected chi connectivity index (χ0v) is 18.4. The molecule has 2 amide bonds. The Morgan fingerprint density at radius 2 is 1.59 bits per heavy atom. The molecule has 22 heavy (non-hydrogen) atoms. The Morgan fingerprint density at radius 3 is 1.77 bits per heavy atom. The van der Waals surface area contributed by atoms with E-state index in [-0.39, 0.29) is 42.1 Å². The van der Waals surface area contributed by atoms with Crippen LogP contribution in [-0.4, -0.2) is 31.4 Å². The average molecular weight is 644 g/mol. The number of hydrogen-bond acceptors (Lipinski definition) is 4. The first kappa shape index (κ1) is 23.0. The number of carbonyl (C=O) groups is 2. The van der Waals surface area contributed by atoms with Gasteiger partial charge in [0, 0.05) is 56.2 Å². The first-order chi connectivity index (χ1) is 9.23. The fraction of sp³-hybridized carbons (Fsp3) is 0.333. The molecule has 10 heteroatoms. The largest absolute Gasteiger partial charge is 0.380 e. The topological polar surface area (TPSA) is 122 Å². The summed E-state index contributed by atoms with van der Waals surface area (Å²) in [5.74, 6) is -0.969. The van der Waals surface area contributed by atoms with E-state index in [0.717, 1.165) is 0 Å². The van der Waals surface area contributed by atoms with E-state index in [1.54, 1.807) is 27.9 Å². The Labute approximate surface area is 157 Å². The van der Waals surface area contributed by atoms with E-state index in [1.807, 2.05) is 0 Å². The van der Waals surface area contributed by atoms with Gasteiger partial charge in [-0.05, 0) is 11.4 Å². The maximum atomic E-state index is 10.6. The molecule has 0 aliphatic rings. The standard InChI is InChI=1S/2C6H8N3O.2W/c1-4-3-9(2)8-5(4)6(7)10;1-4-3-8-9(2)5(4)6(7)10;;/h2*1-2H3,(H2,7,10);;/q2*-1;;. The van der Waals surface area contributed by atoms with Crippen molar-refractivity contribution in [3.05, 3.63) is 34.9 Å². The molecular weight excluding hydrogens is 628 g/mol. The molecule has 2 aromatic rings. The smallest absolute Gasteiger partial charge is 0.186 e. The zero-order valence-electron chi connectivity index (χ0n) is 12.6. The molecule has 0 radical (unpaired) electrons. The third-order valence-corrected chi connectivity index (χ3v) is 2.45. The van der Waals surface area contributed by atoms with E-state index in [0.29, 0.717) is 22.5 Å². The van der Waals surface area contributed by atoms with E-state index < -0.39 is 11.8 Å². The minimum atomic E-state index is -0.505. The SMILES string of the molecule is Cc1[c-]n(C)nc1C(N)=O.Cc1[c-]nn(C)c1C(N)=O.[W].[W]. The van der Waals surface area contributed by atoms with E-state index in [4.69, 9.17) is 11.5 Å². The molecule has 0 unspecified atom stereocenters. The molecule has 0 spiro atoms. The summed E-state index contributed by atoms with van der Waals surface area (Å²) in [6.07, 6.45) is 5.42.